The van der Waals surface area contributed by atoms with E-state index in [1.165, 1.54) is 4.31 Å². The number of hydrogen-bond acceptors (Lipinski definition) is 3. The van der Waals surface area contributed by atoms with Gasteiger partial charge in [0.2, 0.25) is 5.91 Å². The van der Waals surface area contributed by atoms with Gasteiger partial charge in [-0.2, -0.15) is 0 Å². The molecule has 0 bridgehead atoms. The standard InChI is InChI=1S/C25H28N2O3S/c1-19-11-10-16-24(21(19)3)27(31(29,30)23-14-8-5-9-15-23)18-25(28)26-17-20(2)22-12-6-4-7-13-22/h4-16,20H,17-18H2,1-3H3,(H,26,28). The van der Waals surface area contributed by atoms with E-state index < -0.39 is 10.0 Å². The van der Waals surface area contributed by atoms with E-state index >= 15 is 0 Å². The second kappa shape index (κ2) is 9.79. The van der Waals surface area contributed by atoms with Crippen LogP contribution >= 0.6 is 0 Å². The molecule has 0 spiro atoms. The third kappa shape index (κ3) is 5.33. The second-order valence-corrected chi connectivity index (χ2v) is 9.52. The average Bonchev–Trinajstić information content (AvgIpc) is 2.79. The molecule has 1 unspecified atom stereocenters. The fourth-order valence-corrected chi connectivity index (χ4v) is 4.88. The highest BCUT2D eigenvalue weighted by molar-refractivity contribution is 7.92. The molecular formula is C25H28N2O3S. The van der Waals surface area contributed by atoms with Crippen LogP contribution in [0, 0.1) is 13.8 Å². The first-order valence-corrected chi connectivity index (χ1v) is 11.7. The molecule has 162 valence electrons. The molecule has 0 radical (unpaired) electrons. The molecule has 1 N–H and O–H groups in total. The van der Waals surface area contributed by atoms with Crippen LogP contribution in [-0.4, -0.2) is 27.4 Å². The van der Waals surface area contributed by atoms with Crippen molar-refractivity contribution in [1.82, 2.24) is 5.32 Å². The van der Waals surface area contributed by atoms with Crippen LogP contribution in [0.1, 0.15) is 29.5 Å². The fourth-order valence-electron chi connectivity index (χ4n) is 3.38. The number of anilines is 1. The number of nitrogens with one attached hydrogen (secondary N) is 1. The zero-order valence-electron chi connectivity index (χ0n) is 18.1. The Balaban J connectivity index is 1.85. The fraction of sp³-hybridized carbons (Fsp3) is 0.240. The van der Waals surface area contributed by atoms with Crippen molar-refractivity contribution in [3.8, 4) is 0 Å². The molecular weight excluding hydrogens is 408 g/mol. The molecule has 31 heavy (non-hydrogen) atoms. The van der Waals surface area contributed by atoms with E-state index in [0.29, 0.717) is 12.2 Å². The number of nitrogens with zero attached hydrogens (tertiary/aromatic N) is 1. The van der Waals surface area contributed by atoms with E-state index in [1.807, 2.05) is 57.2 Å². The lowest BCUT2D eigenvalue weighted by molar-refractivity contribution is -0.119. The first-order chi connectivity index (χ1) is 14.8. The molecule has 1 amide bonds. The van der Waals surface area contributed by atoms with Gasteiger partial charge in [0.05, 0.1) is 10.6 Å². The number of rotatable bonds is 8. The summed E-state index contributed by atoms with van der Waals surface area (Å²) in [6.45, 7) is 5.96. The highest BCUT2D eigenvalue weighted by Gasteiger charge is 2.28. The van der Waals surface area contributed by atoms with Crippen molar-refractivity contribution >= 4 is 21.6 Å². The van der Waals surface area contributed by atoms with Gasteiger partial charge in [0.25, 0.3) is 10.0 Å². The molecule has 0 heterocycles. The molecule has 0 aromatic heterocycles. The van der Waals surface area contributed by atoms with Crippen LogP contribution in [0.5, 0.6) is 0 Å². The van der Waals surface area contributed by atoms with Gasteiger partial charge in [-0.05, 0) is 54.7 Å². The van der Waals surface area contributed by atoms with Gasteiger partial charge >= 0.3 is 0 Å². The van der Waals surface area contributed by atoms with Gasteiger partial charge < -0.3 is 5.32 Å². The number of aryl methyl sites for hydroxylation is 1. The molecule has 3 aromatic carbocycles. The summed E-state index contributed by atoms with van der Waals surface area (Å²) in [5.74, 6) is -0.228. The van der Waals surface area contributed by atoms with Gasteiger partial charge in [0.1, 0.15) is 6.54 Å². The summed E-state index contributed by atoms with van der Waals surface area (Å²) in [5.41, 5.74) is 3.41. The van der Waals surface area contributed by atoms with Crippen LogP contribution in [0.25, 0.3) is 0 Å². The minimum Gasteiger partial charge on any atom is -0.354 e. The molecule has 0 aliphatic heterocycles. The summed E-state index contributed by atoms with van der Waals surface area (Å²) < 4.78 is 28.1. The average molecular weight is 437 g/mol. The summed E-state index contributed by atoms with van der Waals surface area (Å²) in [6, 6.07) is 23.6. The largest absolute Gasteiger partial charge is 0.354 e. The number of carbonyl (C=O) groups is 1. The van der Waals surface area contributed by atoms with E-state index in [9.17, 15) is 13.2 Å². The maximum Gasteiger partial charge on any atom is 0.264 e. The van der Waals surface area contributed by atoms with Gasteiger partial charge in [-0.1, -0.05) is 67.6 Å². The highest BCUT2D eigenvalue weighted by Crippen LogP contribution is 2.28. The van der Waals surface area contributed by atoms with E-state index in [1.54, 1.807) is 42.5 Å². The summed E-state index contributed by atoms with van der Waals surface area (Å²) >= 11 is 0. The Morgan fingerprint density at radius 3 is 2.16 bits per heavy atom. The van der Waals surface area contributed by atoms with E-state index in [4.69, 9.17) is 0 Å². The second-order valence-electron chi connectivity index (χ2n) is 7.66. The molecule has 3 rings (SSSR count). The maximum absolute atomic E-state index is 13.4. The maximum atomic E-state index is 13.4. The van der Waals surface area contributed by atoms with Crippen molar-refractivity contribution in [3.05, 3.63) is 95.6 Å². The molecule has 0 aliphatic carbocycles. The van der Waals surface area contributed by atoms with Gasteiger partial charge in [-0.15, -0.1) is 0 Å². The topological polar surface area (TPSA) is 66.5 Å². The Labute approximate surface area is 184 Å². The lowest BCUT2D eigenvalue weighted by atomic mass is 10.0. The van der Waals surface area contributed by atoms with Crippen molar-refractivity contribution < 1.29 is 13.2 Å². The molecule has 0 aliphatic rings. The number of sulfonamides is 1. The zero-order chi connectivity index (χ0) is 22.4. The van der Waals surface area contributed by atoms with Gasteiger partial charge in [-0.25, -0.2) is 8.42 Å². The molecule has 1 atom stereocenters. The van der Waals surface area contributed by atoms with Crippen LogP contribution < -0.4 is 9.62 Å². The van der Waals surface area contributed by atoms with Crippen molar-refractivity contribution in [2.75, 3.05) is 17.4 Å². The highest BCUT2D eigenvalue weighted by atomic mass is 32.2. The van der Waals surface area contributed by atoms with Gasteiger partial charge in [-0.3, -0.25) is 9.10 Å². The van der Waals surface area contributed by atoms with Crippen LogP contribution in [0.15, 0.2) is 83.8 Å². The Hall–Kier alpha value is -3.12. The summed E-state index contributed by atoms with van der Waals surface area (Å²) in [7, 11) is -3.91. The predicted molar refractivity (Wildman–Crippen MR) is 125 cm³/mol. The first-order valence-electron chi connectivity index (χ1n) is 10.3. The Morgan fingerprint density at radius 1 is 0.903 bits per heavy atom. The lowest BCUT2D eigenvalue weighted by Crippen LogP contribution is -2.42. The lowest BCUT2D eigenvalue weighted by Gasteiger charge is -2.26. The summed E-state index contributed by atoms with van der Waals surface area (Å²) in [6.07, 6.45) is 0. The Kier molecular flexibility index (Phi) is 7.13. The summed E-state index contributed by atoms with van der Waals surface area (Å²) in [4.78, 5) is 13.0. The molecule has 6 heteroatoms. The van der Waals surface area contributed by atoms with Crippen LogP contribution in [0.2, 0.25) is 0 Å². The normalized spacial score (nSPS) is 12.2. The quantitative estimate of drug-likeness (QED) is 0.568. The monoisotopic (exact) mass is 436 g/mol. The van der Waals surface area contributed by atoms with Crippen LogP contribution in [-0.2, 0) is 14.8 Å². The first kappa shape index (κ1) is 22.6. The van der Waals surface area contributed by atoms with Crippen molar-refractivity contribution in [1.29, 1.82) is 0 Å². The van der Waals surface area contributed by atoms with Gasteiger partial charge in [0, 0.05) is 6.54 Å². The van der Waals surface area contributed by atoms with Gasteiger partial charge in [0.15, 0.2) is 0 Å². The number of amides is 1. The van der Waals surface area contributed by atoms with E-state index in [2.05, 4.69) is 5.32 Å². The molecule has 3 aromatic rings. The van der Waals surface area contributed by atoms with Crippen molar-refractivity contribution in [2.45, 2.75) is 31.6 Å². The van der Waals surface area contributed by atoms with Crippen molar-refractivity contribution in [3.63, 3.8) is 0 Å². The number of benzene rings is 3. The third-order valence-electron chi connectivity index (χ3n) is 5.44. The molecule has 0 saturated carbocycles. The van der Waals surface area contributed by atoms with E-state index in [0.717, 1.165) is 16.7 Å². The summed E-state index contributed by atoms with van der Waals surface area (Å²) in [5, 5.41) is 2.89. The third-order valence-corrected chi connectivity index (χ3v) is 7.21. The number of carbonyl (C=O) groups excluding carboxylic acids is 1. The zero-order valence-corrected chi connectivity index (χ0v) is 18.9. The van der Waals surface area contributed by atoms with Crippen molar-refractivity contribution in [2.24, 2.45) is 0 Å². The Morgan fingerprint density at radius 2 is 1.52 bits per heavy atom. The molecule has 0 saturated heterocycles. The molecule has 5 nitrogen and oxygen atoms in total. The van der Waals surface area contributed by atoms with Crippen LogP contribution in [0.3, 0.4) is 0 Å². The predicted octanol–water partition coefficient (Wildman–Crippen LogP) is 4.42. The minimum absolute atomic E-state index is 0.116. The minimum atomic E-state index is -3.91. The van der Waals surface area contributed by atoms with E-state index in [-0.39, 0.29) is 23.3 Å². The number of hydrogen-bond donors (Lipinski definition) is 1. The smallest absolute Gasteiger partial charge is 0.264 e. The Bertz CT molecular complexity index is 1130. The van der Waals surface area contributed by atoms with Crippen LogP contribution in [0.4, 0.5) is 5.69 Å². The molecule has 0 fully saturated rings. The SMILES string of the molecule is Cc1cccc(N(CC(=O)NCC(C)c2ccccc2)S(=O)(=O)c2ccccc2)c1C.